The molecular weight excluding hydrogens is 234 g/mol. The van der Waals surface area contributed by atoms with E-state index >= 15 is 0 Å². The molecule has 0 amide bonds. The summed E-state index contributed by atoms with van der Waals surface area (Å²) in [6, 6.07) is 11.1. The summed E-state index contributed by atoms with van der Waals surface area (Å²) in [6.07, 6.45) is 3.91. The molecule has 2 heterocycles. The molecule has 1 aromatic heterocycles. The lowest BCUT2D eigenvalue weighted by atomic mass is 10.1. The van der Waals surface area contributed by atoms with E-state index in [4.69, 9.17) is 4.98 Å². The molecule has 0 spiro atoms. The SMILES string of the molecule is Cc1cc2ccccc2nc1NCC1CCCCN1. The van der Waals surface area contributed by atoms with Crippen LogP contribution in [0.5, 0.6) is 0 Å². The second-order valence-electron chi connectivity index (χ2n) is 5.37. The van der Waals surface area contributed by atoms with Gasteiger partial charge in [-0.05, 0) is 44.0 Å². The van der Waals surface area contributed by atoms with Gasteiger partial charge in [0.1, 0.15) is 5.82 Å². The third-order valence-corrected chi connectivity index (χ3v) is 3.84. The van der Waals surface area contributed by atoms with Gasteiger partial charge in [0, 0.05) is 18.0 Å². The third kappa shape index (κ3) is 2.87. The van der Waals surface area contributed by atoms with E-state index in [9.17, 15) is 0 Å². The molecule has 0 saturated carbocycles. The first kappa shape index (κ1) is 12.4. The molecule has 2 aromatic rings. The van der Waals surface area contributed by atoms with Crippen LogP contribution in [0.3, 0.4) is 0 Å². The van der Waals surface area contributed by atoms with Crippen LogP contribution >= 0.6 is 0 Å². The van der Waals surface area contributed by atoms with E-state index in [2.05, 4.69) is 41.8 Å². The Balaban J connectivity index is 1.74. The van der Waals surface area contributed by atoms with Gasteiger partial charge in [-0.15, -0.1) is 0 Å². The van der Waals surface area contributed by atoms with Crippen molar-refractivity contribution < 1.29 is 0 Å². The number of piperidine rings is 1. The number of rotatable bonds is 3. The summed E-state index contributed by atoms with van der Waals surface area (Å²) >= 11 is 0. The number of fused-ring (bicyclic) bond motifs is 1. The molecule has 1 aromatic carbocycles. The number of anilines is 1. The zero-order chi connectivity index (χ0) is 13.1. The highest BCUT2D eigenvalue weighted by Gasteiger charge is 2.12. The summed E-state index contributed by atoms with van der Waals surface area (Å²) in [5.74, 6) is 1.02. The molecular formula is C16H21N3. The number of aromatic nitrogens is 1. The highest BCUT2D eigenvalue weighted by Crippen LogP contribution is 2.19. The third-order valence-electron chi connectivity index (χ3n) is 3.84. The molecule has 1 atom stereocenters. The second-order valence-corrected chi connectivity index (χ2v) is 5.37. The van der Waals surface area contributed by atoms with Crippen LogP contribution < -0.4 is 10.6 Å². The van der Waals surface area contributed by atoms with Gasteiger partial charge in [0.05, 0.1) is 5.52 Å². The van der Waals surface area contributed by atoms with Crippen molar-refractivity contribution in [2.45, 2.75) is 32.2 Å². The zero-order valence-electron chi connectivity index (χ0n) is 11.4. The fourth-order valence-corrected chi connectivity index (χ4v) is 2.72. The van der Waals surface area contributed by atoms with Gasteiger partial charge in [0.2, 0.25) is 0 Å². The number of pyridine rings is 1. The highest BCUT2D eigenvalue weighted by atomic mass is 15.0. The molecule has 1 aliphatic rings. The lowest BCUT2D eigenvalue weighted by molar-refractivity contribution is 0.414. The van der Waals surface area contributed by atoms with Crippen LogP contribution in [0.4, 0.5) is 5.82 Å². The molecule has 0 aliphatic carbocycles. The molecule has 19 heavy (non-hydrogen) atoms. The molecule has 1 fully saturated rings. The van der Waals surface area contributed by atoms with Gasteiger partial charge in [0.15, 0.2) is 0 Å². The van der Waals surface area contributed by atoms with Gasteiger partial charge in [-0.2, -0.15) is 0 Å². The van der Waals surface area contributed by atoms with E-state index in [0.29, 0.717) is 6.04 Å². The average Bonchev–Trinajstić information content (AvgIpc) is 2.46. The summed E-state index contributed by atoms with van der Waals surface area (Å²) in [7, 11) is 0. The molecule has 3 rings (SSSR count). The van der Waals surface area contributed by atoms with E-state index in [1.165, 1.54) is 30.2 Å². The first-order chi connectivity index (χ1) is 9.33. The van der Waals surface area contributed by atoms with Gasteiger partial charge in [-0.1, -0.05) is 24.6 Å². The van der Waals surface area contributed by atoms with Crippen LogP contribution in [0.25, 0.3) is 10.9 Å². The maximum absolute atomic E-state index is 4.72. The Morgan fingerprint density at radius 3 is 3.05 bits per heavy atom. The normalized spacial score (nSPS) is 19.5. The van der Waals surface area contributed by atoms with Gasteiger partial charge in [-0.3, -0.25) is 0 Å². The van der Waals surface area contributed by atoms with Crippen molar-refractivity contribution in [3.63, 3.8) is 0 Å². The summed E-state index contributed by atoms with van der Waals surface area (Å²) in [5, 5.41) is 8.27. The number of nitrogens with one attached hydrogen (secondary N) is 2. The Bertz CT molecular complexity index is 559. The number of aryl methyl sites for hydroxylation is 1. The van der Waals surface area contributed by atoms with Crippen molar-refractivity contribution in [2.75, 3.05) is 18.4 Å². The largest absolute Gasteiger partial charge is 0.368 e. The van der Waals surface area contributed by atoms with Crippen molar-refractivity contribution in [1.29, 1.82) is 0 Å². The summed E-state index contributed by atoms with van der Waals surface area (Å²) in [4.78, 5) is 4.72. The van der Waals surface area contributed by atoms with Gasteiger partial charge in [0.25, 0.3) is 0 Å². The van der Waals surface area contributed by atoms with Crippen LogP contribution in [0.1, 0.15) is 24.8 Å². The molecule has 0 bridgehead atoms. The lowest BCUT2D eigenvalue weighted by Gasteiger charge is -2.24. The molecule has 2 N–H and O–H groups in total. The molecule has 0 radical (unpaired) electrons. The van der Waals surface area contributed by atoms with Crippen molar-refractivity contribution in [2.24, 2.45) is 0 Å². The minimum atomic E-state index is 0.585. The topological polar surface area (TPSA) is 37.0 Å². The smallest absolute Gasteiger partial charge is 0.129 e. The minimum absolute atomic E-state index is 0.585. The highest BCUT2D eigenvalue weighted by molar-refractivity contribution is 5.81. The van der Waals surface area contributed by atoms with Gasteiger partial charge in [-0.25, -0.2) is 4.98 Å². The summed E-state index contributed by atoms with van der Waals surface area (Å²) in [5.41, 5.74) is 2.28. The number of benzene rings is 1. The molecule has 1 unspecified atom stereocenters. The standard InChI is InChI=1S/C16H21N3/c1-12-10-13-6-2-3-8-15(13)19-16(12)18-11-14-7-4-5-9-17-14/h2-3,6,8,10,14,17H,4-5,7,9,11H2,1H3,(H,18,19). The molecule has 1 aliphatic heterocycles. The number of nitrogens with zero attached hydrogens (tertiary/aromatic N) is 1. The number of hydrogen-bond donors (Lipinski definition) is 2. The monoisotopic (exact) mass is 255 g/mol. The number of hydrogen-bond acceptors (Lipinski definition) is 3. The molecule has 3 heteroatoms. The van der Waals surface area contributed by atoms with Crippen molar-refractivity contribution in [3.05, 3.63) is 35.9 Å². The van der Waals surface area contributed by atoms with Crippen LogP contribution in [0, 0.1) is 6.92 Å². The maximum atomic E-state index is 4.72. The van der Waals surface area contributed by atoms with Gasteiger partial charge >= 0.3 is 0 Å². The lowest BCUT2D eigenvalue weighted by Crippen LogP contribution is -2.39. The van der Waals surface area contributed by atoms with Crippen molar-refractivity contribution in [3.8, 4) is 0 Å². The Kier molecular flexibility index (Phi) is 3.65. The van der Waals surface area contributed by atoms with E-state index in [0.717, 1.165) is 24.4 Å². The van der Waals surface area contributed by atoms with Crippen LogP contribution in [-0.2, 0) is 0 Å². The Morgan fingerprint density at radius 1 is 1.32 bits per heavy atom. The number of para-hydroxylation sites is 1. The second kappa shape index (κ2) is 5.57. The predicted molar refractivity (Wildman–Crippen MR) is 80.6 cm³/mol. The predicted octanol–water partition coefficient (Wildman–Crippen LogP) is 3.10. The molecule has 1 saturated heterocycles. The van der Waals surface area contributed by atoms with Crippen LogP contribution in [0.15, 0.2) is 30.3 Å². The fraction of sp³-hybridized carbons (Fsp3) is 0.438. The molecule has 100 valence electrons. The molecule has 3 nitrogen and oxygen atoms in total. The van der Waals surface area contributed by atoms with E-state index < -0.39 is 0 Å². The van der Waals surface area contributed by atoms with Gasteiger partial charge < -0.3 is 10.6 Å². The van der Waals surface area contributed by atoms with Crippen molar-refractivity contribution in [1.82, 2.24) is 10.3 Å². The maximum Gasteiger partial charge on any atom is 0.129 e. The van der Waals surface area contributed by atoms with Crippen LogP contribution in [-0.4, -0.2) is 24.1 Å². The van der Waals surface area contributed by atoms with E-state index in [1.54, 1.807) is 0 Å². The zero-order valence-corrected chi connectivity index (χ0v) is 11.4. The fourth-order valence-electron chi connectivity index (χ4n) is 2.72. The Morgan fingerprint density at radius 2 is 2.21 bits per heavy atom. The van der Waals surface area contributed by atoms with E-state index in [-0.39, 0.29) is 0 Å². The van der Waals surface area contributed by atoms with Crippen LogP contribution in [0.2, 0.25) is 0 Å². The Hall–Kier alpha value is -1.61. The first-order valence-corrected chi connectivity index (χ1v) is 7.16. The first-order valence-electron chi connectivity index (χ1n) is 7.16. The summed E-state index contributed by atoms with van der Waals surface area (Å²) in [6.45, 7) is 4.23. The average molecular weight is 255 g/mol. The quantitative estimate of drug-likeness (QED) is 0.885. The van der Waals surface area contributed by atoms with Crippen molar-refractivity contribution >= 4 is 16.7 Å². The minimum Gasteiger partial charge on any atom is -0.368 e. The van der Waals surface area contributed by atoms with E-state index in [1.807, 2.05) is 6.07 Å². The summed E-state index contributed by atoms with van der Waals surface area (Å²) < 4.78 is 0. The Labute approximate surface area is 114 Å².